The Labute approximate surface area is 164 Å². The molecule has 3 aromatic rings. The second-order valence-electron chi connectivity index (χ2n) is 6.97. The number of hydrogen-bond donors (Lipinski definition) is 1. The van der Waals surface area contributed by atoms with Crippen LogP contribution in [-0.4, -0.2) is 28.6 Å². The number of ether oxygens (including phenoxy) is 1. The number of H-pyrrole nitrogens is 1. The molecule has 1 aliphatic rings. The number of aromatic nitrogens is 3. The summed E-state index contributed by atoms with van der Waals surface area (Å²) in [5.41, 5.74) is 2.70. The van der Waals surface area contributed by atoms with E-state index in [1.54, 1.807) is 13.3 Å². The Balaban J connectivity index is 1.61. The number of methoxy groups -OCH3 is 1. The molecule has 1 aromatic carbocycles. The molecule has 0 radical (unpaired) electrons. The van der Waals surface area contributed by atoms with Crippen molar-refractivity contribution in [3.63, 3.8) is 0 Å². The van der Waals surface area contributed by atoms with Crippen molar-refractivity contribution in [2.45, 2.75) is 32.2 Å². The normalized spacial score (nSPS) is 16.4. The van der Waals surface area contributed by atoms with Crippen molar-refractivity contribution in [1.82, 2.24) is 15.0 Å². The number of rotatable bonds is 5. The summed E-state index contributed by atoms with van der Waals surface area (Å²) in [6.45, 7) is 2.95. The highest BCUT2D eigenvalue weighted by Gasteiger charge is 2.27. The van der Waals surface area contributed by atoms with Gasteiger partial charge in [-0.05, 0) is 49.1 Å². The highest BCUT2D eigenvalue weighted by Crippen LogP contribution is 2.36. The standard InChI is InChI=1S/C22H24N4O2/c1-3-17-13-21(27)25-22(24-17)16-9-10-20(23-14-16)26-11-5-8-19(26)15-6-4-7-18(12-15)28-2/h4,6-7,9-10,12-14,19H,3,5,8,11H2,1-2H3,(H,24,25,27). The van der Waals surface area contributed by atoms with Crippen molar-refractivity contribution < 1.29 is 4.74 Å². The van der Waals surface area contributed by atoms with Crippen LogP contribution in [0.3, 0.4) is 0 Å². The number of nitrogens with one attached hydrogen (secondary N) is 1. The zero-order chi connectivity index (χ0) is 19.5. The van der Waals surface area contributed by atoms with E-state index in [9.17, 15) is 4.79 Å². The Morgan fingerprint density at radius 3 is 2.89 bits per heavy atom. The lowest BCUT2D eigenvalue weighted by atomic mass is 10.0. The molecule has 4 rings (SSSR count). The van der Waals surface area contributed by atoms with Crippen molar-refractivity contribution in [3.05, 3.63) is 70.3 Å². The molecule has 1 unspecified atom stereocenters. The summed E-state index contributed by atoms with van der Waals surface area (Å²) in [5, 5.41) is 0. The van der Waals surface area contributed by atoms with Crippen LogP contribution in [0.25, 0.3) is 11.4 Å². The lowest BCUT2D eigenvalue weighted by Crippen LogP contribution is -2.23. The Morgan fingerprint density at radius 2 is 2.14 bits per heavy atom. The fourth-order valence-electron chi connectivity index (χ4n) is 3.76. The number of pyridine rings is 1. The van der Waals surface area contributed by atoms with Crippen LogP contribution in [0.15, 0.2) is 53.5 Å². The second kappa shape index (κ2) is 7.84. The molecule has 0 bridgehead atoms. The summed E-state index contributed by atoms with van der Waals surface area (Å²) in [4.78, 5) is 26.1. The SMILES string of the molecule is CCc1cc(=O)[nH]c(-c2ccc(N3CCCC3c3cccc(OC)c3)nc2)n1. The average molecular weight is 376 g/mol. The molecule has 1 N–H and O–H groups in total. The van der Waals surface area contributed by atoms with Crippen molar-refractivity contribution in [2.24, 2.45) is 0 Å². The molecule has 1 fully saturated rings. The Bertz CT molecular complexity index is 1010. The fraction of sp³-hybridized carbons (Fsp3) is 0.318. The third-order valence-corrected chi connectivity index (χ3v) is 5.20. The molecule has 2 aromatic heterocycles. The maximum Gasteiger partial charge on any atom is 0.251 e. The molecule has 0 spiro atoms. The van der Waals surface area contributed by atoms with Gasteiger partial charge in [-0.2, -0.15) is 0 Å². The van der Waals surface area contributed by atoms with Crippen LogP contribution >= 0.6 is 0 Å². The number of anilines is 1. The molecule has 6 heteroatoms. The van der Waals surface area contributed by atoms with E-state index < -0.39 is 0 Å². The van der Waals surface area contributed by atoms with E-state index >= 15 is 0 Å². The first-order chi connectivity index (χ1) is 13.7. The first-order valence-electron chi connectivity index (χ1n) is 9.65. The van der Waals surface area contributed by atoms with Gasteiger partial charge in [-0.15, -0.1) is 0 Å². The zero-order valence-corrected chi connectivity index (χ0v) is 16.2. The Morgan fingerprint density at radius 1 is 1.25 bits per heavy atom. The quantitative estimate of drug-likeness (QED) is 0.734. The van der Waals surface area contributed by atoms with Gasteiger partial charge >= 0.3 is 0 Å². The highest BCUT2D eigenvalue weighted by molar-refractivity contribution is 5.57. The van der Waals surface area contributed by atoms with Gasteiger partial charge in [0.15, 0.2) is 0 Å². The van der Waals surface area contributed by atoms with E-state index in [0.717, 1.165) is 48.6 Å². The van der Waals surface area contributed by atoms with Gasteiger partial charge in [0, 0.05) is 30.1 Å². The molecular formula is C22H24N4O2. The van der Waals surface area contributed by atoms with Gasteiger partial charge in [0.25, 0.3) is 5.56 Å². The monoisotopic (exact) mass is 376 g/mol. The largest absolute Gasteiger partial charge is 0.497 e. The smallest absolute Gasteiger partial charge is 0.251 e. The summed E-state index contributed by atoms with van der Waals surface area (Å²) in [5.74, 6) is 2.37. The molecule has 1 saturated heterocycles. The van der Waals surface area contributed by atoms with Gasteiger partial charge in [-0.3, -0.25) is 4.79 Å². The maximum absolute atomic E-state index is 11.8. The zero-order valence-electron chi connectivity index (χ0n) is 16.2. The predicted molar refractivity (Wildman–Crippen MR) is 110 cm³/mol. The third kappa shape index (κ3) is 3.63. The van der Waals surface area contributed by atoms with E-state index in [2.05, 4.69) is 32.0 Å². The number of benzene rings is 1. The summed E-state index contributed by atoms with van der Waals surface area (Å²) in [6, 6.07) is 14.0. The minimum absolute atomic E-state index is 0.136. The molecule has 28 heavy (non-hydrogen) atoms. The van der Waals surface area contributed by atoms with Gasteiger partial charge in [0.1, 0.15) is 17.4 Å². The van der Waals surface area contributed by atoms with Crippen molar-refractivity contribution >= 4 is 5.82 Å². The predicted octanol–water partition coefficient (Wildman–Crippen LogP) is 3.74. The van der Waals surface area contributed by atoms with Crippen LogP contribution in [0.1, 0.15) is 37.1 Å². The molecule has 3 heterocycles. The lowest BCUT2D eigenvalue weighted by molar-refractivity contribution is 0.414. The molecule has 6 nitrogen and oxygen atoms in total. The van der Waals surface area contributed by atoms with Crippen LogP contribution in [0.4, 0.5) is 5.82 Å². The Hall–Kier alpha value is -3.15. The summed E-state index contributed by atoms with van der Waals surface area (Å²) >= 11 is 0. The van der Waals surface area contributed by atoms with Gasteiger partial charge in [0.05, 0.1) is 13.2 Å². The Kier molecular flexibility index (Phi) is 5.10. The number of nitrogens with zero attached hydrogens (tertiary/aromatic N) is 3. The van der Waals surface area contributed by atoms with Crippen molar-refractivity contribution in [3.8, 4) is 17.1 Å². The maximum atomic E-state index is 11.8. The van der Waals surface area contributed by atoms with E-state index in [1.807, 2.05) is 31.2 Å². The first-order valence-corrected chi connectivity index (χ1v) is 9.65. The summed E-state index contributed by atoms with van der Waals surface area (Å²) in [7, 11) is 1.69. The molecule has 1 atom stereocenters. The number of hydrogen-bond acceptors (Lipinski definition) is 5. The van der Waals surface area contributed by atoms with Crippen LogP contribution in [0.5, 0.6) is 5.75 Å². The molecule has 0 amide bonds. The molecule has 144 valence electrons. The average Bonchev–Trinajstić information content (AvgIpc) is 3.23. The second-order valence-corrected chi connectivity index (χ2v) is 6.97. The highest BCUT2D eigenvalue weighted by atomic mass is 16.5. The van der Waals surface area contributed by atoms with Crippen LogP contribution in [0.2, 0.25) is 0 Å². The molecule has 0 aliphatic carbocycles. The first kappa shape index (κ1) is 18.2. The van der Waals surface area contributed by atoms with E-state index in [0.29, 0.717) is 5.82 Å². The van der Waals surface area contributed by atoms with Crippen LogP contribution in [0, 0.1) is 0 Å². The molecule has 0 saturated carbocycles. The summed E-state index contributed by atoms with van der Waals surface area (Å²) < 4.78 is 5.38. The van der Waals surface area contributed by atoms with Crippen LogP contribution < -0.4 is 15.2 Å². The van der Waals surface area contributed by atoms with Gasteiger partial charge in [-0.25, -0.2) is 9.97 Å². The van der Waals surface area contributed by atoms with E-state index in [4.69, 9.17) is 4.74 Å². The van der Waals surface area contributed by atoms with Gasteiger partial charge < -0.3 is 14.6 Å². The molecular weight excluding hydrogens is 352 g/mol. The van der Waals surface area contributed by atoms with Gasteiger partial charge in [0.2, 0.25) is 0 Å². The van der Waals surface area contributed by atoms with Crippen LogP contribution in [-0.2, 0) is 6.42 Å². The fourth-order valence-corrected chi connectivity index (χ4v) is 3.76. The lowest BCUT2D eigenvalue weighted by Gasteiger charge is -2.26. The minimum Gasteiger partial charge on any atom is -0.497 e. The topological polar surface area (TPSA) is 71.1 Å². The molecule has 1 aliphatic heterocycles. The number of aryl methyl sites for hydroxylation is 1. The van der Waals surface area contributed by atoms with E-state index in [-0.39, 0.29) is 11.6 Å². The van der Waals surface area contributed by atoms with E-state index in [1.165, 1.54) is 11.6 Å². The third-order valence-electron chi connectivity index (χ3n) is 5.20. The minimum atomic E-state index is -0.136. The van der Waals surface area contributed by atoms with Crippen molar-refractivity contribution in [1.29, 1.82) is 0 Å². The van der Waals surface area contributed by atoms with Gasteiger partial charge in [-0.1, -0.05) is 19.1 Å². The number of aromatic amines is 1. The summed E-state index contributed by atoms with van der Waals surface area (Å²) in [6.07, 6.45) is 4.72. The van der Waals surface area contributed by atoms with Crippen molar-refractivity contribution in [2.75, 3.05) is 18.6 Å².